The van der Waals surface area contributed by atoms with Crippen molar-refractivity contribution >= 4 is 33.4 Å². The lowest BCUT2D eigenvalue weighted by Gasteiger charge is -2.31. The van der Waals surface area contributed by atoms with Gasteiger partial charge in [0.05, 0.1) is 48.0 Å². The molecule has 2 aliphatic heterocycles. The second kappa shape index (κ2) is 10.4. The summed E-state index contributed by atoms with van der Waals surface area (Å²) in [5, 5.41) is 15.9. The third-order valence-electron chi connectivity index (χ3n) is 6.75. The number of likely N-dealkylation sites (tertiary alicyclic amines) is 1. The molecule has 8 nitrogen and oxygen atoms in total. The van der Waals surface area contributed by atoms with E-state index in [9.17, 15) is 14.7 Å². The van der Waals surface area contributed by atoms with Crippen LogP contribution in [0.25, 0.3) is 11.4 Å². The van der Waals surface area contributed by atoms with Gasteiger partial charge in [-0.25, -0.2) is 4.68 Å². The van der Waals surface area contributed by atoms with Gasteiger partial charge in [0.25, 0.3) is 11.7 Å². The van der Waals surface area contributed by atoms with Crippen LogP contribution < -0.4 is 0 Å². The van der Waals surface area contributed by atoms with E-state index >= 15 is 0 Å². The highest BCUT2D eigenvalue weighted by atomic mass is 79.9. The van der Waals surface area contributed by atoms with Crippen molar-refractivity contribution in [1.82, 2.24) is 19.6 Å². The Labute approximate surface area is 217 Å². The maximum atomic E-state index is 13.3. The summed E-state index contributed by atoms with van der Waals surface area (Å²) in [4.78, 5) is 30.4. The Morgan fingerprint density at radius 3 is 2.44 bits per heavy atom. The second-order valence-corrected chi connectivity index (χ2v) is 9.80. The SMILES string of the molecule is Cc1c(/C(O)=C2\C(=O)C(=O)N(CCN3CCOCC3)[C@@H]2c2ccc(Br)cc2)cnn1-c1ccccc1. The number of hydrogen-bond acceptors (Lipinski definition) is 6. The van der Waals surface area contributed by atoms with Gasteiger partial charge in [-0.05, 0) is 36.8 Å². The zero-order valence-electron chi connectivity index (χ0n) is 19.9. The lowest BCUT2D eigenvalue weighted by molar-refractivity contribution is -0.140. The van der Waals surface area contributed by atoms with Gasteiger partial charge in [0.15, 0.2) is 0 Å². The van der Waals surface area contributed by atoms with E-state index in [-0.39, 0.29) is 11.3 Å². The zero-order valence-corrected chi connectivity index (χ0v) is 21.5. The van der Waals surface area contributed by atoms with E-state index in [2.05, 4.69) is 25.9 Å². The van der Waals surface area contributed by atoms with Crippen LogP contribution in [0.2, 0.25) is 0 Å². The molecule has 3 aromatic rings. The maximum absolute atomic E-state index is 13.3. The number of aromatic nitrogens is 2. The van der Waals surface area contributed by atoms with Crippen molar-refractivity contribution in [2.24, 2.45) is 0 Å². The van der Waals surface area contributed by atoms with E-state index in [4.69, 9.17) is 4.74 Å². The van der Waals surface area contributed by atoms with E-state index in [1.807, 2.05) is 61.5 Å². The Hall–Kier alpha value is -3.27. The van der Waals surface area contributed by atoms with Gasteiger partial charge < -0.3 is 14.7 Å². The topological polar surface area (TPSA) is 87.9 Å². The van der Waals surface area contributed by atoms with Crippen molar-refractivity contribution < 1.29 is 19.4 Å². The second-order valence-electron chi connectivity index (χ2n) is 8.89. The fraction of sp³-hybridized carbons (Fsp3) is 0.296. The smallest absolute Gasteiger partial charge is 0.295 e. The summed E-state index contributed by atoms with van der Waals surface area (Å²) in [5.41, 5.74) is 2.78. The molecule has 1 amide bonds. The van der Waals surface area contributed by atoms with Crippen LogP contribution in [-0.2, 0) is 14.3 Å². The molecule has 2 aliphatic rings. The molecule has 1 aromatic heterocycles. The molecule has 36 heavy (non-hydrogen) atoms. The number of Topliss-reactive ketones (excluding diaryl/α,β-unsaturated/α-hetero) is 1. The van der Waals surface area contributed by atoms with Crippen LogP contribution in [0.3, 0.4) is 0 Å². The van der Waals surface area contributed by atoms with Crippen molar-refractivity contribution in [2.75, 3.05) is 39.4 Å². The number of aliphatic hydroxyl groups is 1. The first-order valence-electron chi connectivity index (χ1n) is 11.9. The number of hydrogen-bond donors (Lipinski definition) is 1. The number of rotatable bonds is 6. The molecule has 0 bridgehead atoms. The lowest BCUT2D eigenvalue weighted by Crippen LogP contribution is -2.42. The van der Waals surface area contributed by atoms with Gasteiger partial charge in [-0.1, -0.05) is 46.3 Å². The molecule has 0 radical (unpaired) electrons. The van der Waals surface area contributed by atoms with Crippen molar-refractivity contribution in [2.45, 2.75) is 13.0 Å². The molecule has 2 aromatic carbocycles. The minimum absolute atomic E-state index is 0.0833. The Morgan fingerprint density at radius 2 is 1.75 bits per heavy atom. The number of carbonyl (C=O) groups is 2. The van der Waals surface area contributed by atoms with E-state index < -0.39 is 17.7 Å². The number of ether oxygens (including phenoxy) is 1. The Balaban J connectivity index is 1.55. The Kier molecular flexibility index (Phi) is 7.04. The quantitative estimate of drug-likeness (QED) is 0.286. The zero-order chi connectivity index (χ0) is 25.2. The number of ketones is 1. The van der Waals surface area contributed by atoms with Gasteiger partial charge in [-0.3, -0.25) is 14.5 Å². The van der Waals surface area contributed by atoms with Crippen molar-refractivity contribution in [3.8, 4) is 5.69 Å². The summed E-state index contributed by atoms with van der Waals surface area (Å²) >= 11 is 3.45. The third-order valence-corrected chi connectivity index (χ3v) is 7.28. The van der Waals surface area contributed by atoms with Gasteiger partial charge in [-0.15, -0.1) is 0 Å². The number of benzene rings is 2. The van der Waals surface area contributed by atoms with Crippen molar-refractivity contribution in [1.29, 1.82) is 0 Å². The standard InChI is InChI=1S/C27H27BrN4O4/c1-18-22(17-29-32(18)21-5-3-2-4-6-21)25(33)23-24(19-7-9-20(28)10-8-19)31(27(35)26(23)34)12-11-30-13-15-36-16-14-30/h2-10,17,24,33H,11-16H2,1H3/b25-23+/t24-/m1/s1. The Bertz CT molecular complexity index is 1300. The van der Waals surface area contributed by atoms with Crippen LogP contribution in [0.15, 0.2) is 70.8 Å². The highest BCUT2D eigenvalue weighted by Gasteiger charge is 2.46. The van der Waals surface area contributed by atoms with Crippen LogP contribution >= 0.6 is 15.9 Å². The molecule has 5 rings (SSSR count). The Morgan fingerprint density at radius 1 is 1.06 bits per heavy atom. The summed E-state index contributed by atoms with van der Waals surface area (Å²) < 4.78 is 8.02. The first-order chi connectivity index (χ1) is 17.5. The van der Waals surface area contributed by atoms with Gasteiger partial charge in [0.2, 0.25) is 0 Å². The minimum Gasteiger partial charge on any atom is -0.507 e. The predicted molar refractivity (Wildman–Crippen MR) is 139 cm³/mol. The molecule has 1 atom stereocenters. The monoisotopic (exact) mass is 550 g/mol. The fourth-order valence-corrected chi connectivity index (χ4v) is 5.06. The number of amides is 1. The van der Waals surface area contributed by atoms with Gasteiger partial charge in [-0.2, -0.15) is 5.10 Å². The van der Waals surface area contributed by atoms with Crippen LogP contribution in [0, 0.1) is 6.92 Å². The number of aliphatic hydroxyl groups excluding tert-OH is 1. The molecule has 0 aliphatic carbocycles. The van der Waals surface area contributed by atoms with E-state index in [1.54, 1.807) is 9.58 Å². The number of nitrogens with zero attached hydrogens (tertiary/aromatic N) is 4. The maximum Gasteiger partial charge on any atom is 0.295 e. The number of carbonyl (C=O) groups excluding carboxylic acids is 2. The van der Waals surface area contributed by atoms with Gasteiger partial charge >= 0.3 is 0 Å². The largest absolute Gasteiger partial charge is 0.507 e. The average molecular weight is 551 g/mol. The number of para-hydroxylation sites is 1. The molecular weight excluding hydrogens is 524 g/mol. The molecule has 186 valence electrons. The molecule has 3 heterocycles. The summed E-state index contributed by atoms with van der Waals surface area (Å²) in [6.45, 7) is 5.69. The van der Waals surface area contributed by atoms with Crippen LogP contribution in [0.1, 0.15) is 22.9 Å². The first-order valence-corrected chi connectivity index (χ1v) is 12.7. The first kappa shape index (κ1) is 24.4. The predicted octanol–water partition coefficient (Wildman–Crippen LogP) is 3.70. The molecule has 9 heteroatoms. The summed E-state index contributed by atoms with van der Waals surface area (Å²) in [5.74, 6) is -1.50. The molecule has 2 saturated heterocycles. The van der Waals surface area contributed by atoms with E-state index in [1.165, 1.54) is 6.20 Å². The average Bonchev–Trinajstić information content (AvgIpc) is 3.41. The van der Waals surface area contributed by atoms with Gasteiger partial charge in [0, 0.05) is 30.7 Å². The normalized spacial score (nSPS) is 20.3. The minimum atomic E-state index is -0.696. The molecule has 0 saturated carbocycles. The van der Waals surface area contributed by atoms with Crippen LogP contribution in [0.4, 0.5) is 0 Å². The lowest BCUT2D eigenvalue weighted by atomic mass is 9.95. The highest BCUT2D eigenvalue weighted by molar-refractivity contribution is 9.10. The fourth-order valence-electron chi connectivity index (χ4n) is 4.79. The molecule has 0 spiro atoms. The molecule has 0 unspecified atom stereocenters. The summed E-state index contributed by atoms with van der Waals surface area (Å²) in [6, 6.07) is 16.3. The molecule has 1 N–H and O–H groups in total. The van der Waals surface area contributed by atoms with Crippen molar-refractivity contribution in [3.63, 3.8) is 0 Å². The van der Waals surface area contributed by atoms with Crippen LogP contribution in [0.5, 0.6) is 0 Å². The van der Waals surface area contributed by atoms with Crippen LogP contribution in [-0.4, -0.2) is 75.8 Å². The summed E-state index contributed by atoms with van der Waals surface area (Å²) in [6.07, 6.45) is 1.54. The van der Waals surface area contributed by atoms with Crippen molar-refractivity contribution in [3.05, 3.63) is 87.7 Å². The summed E-state index contributed by atoms with van der Waals surface area (Å²) in [7, 11) is 0. The highest BCUT2D eigenvalue weighted by Crippen LogP contribution is 2.40. The number of halogens is 1. The molecule has 2 fully saturated rings. The third kappa shape index (κ3) is 4.61. The number of morpholine rings is 1. The van der Waals surface area contributed by atoms with E-state index in [0.29, 0.717) is 37.6 Å². The van der Waals surface area contributed by atoms with Gasteiger partial charge in [0.1, 0.15) is 5.76 Å². The molecular formula is C27H27BrN4O4. The van der Waals surface area contributed by atoms with E-state index in [0.717, 1.165) is 28.8 Å².